The van der Waals surface area contributed by atoms with E-state index < -0.39 is 21.5 Å². The SMILES string of the molecule is O=C(O)C1(c2ccc(Oc3ccccc3F)cc2)CC1(Cl)Cl. The highest BCUT2D eigenvalue weighted by molar-refractivity contribution is 6.54. The third-order valence-corrected chi connectivity index (χ3v) is 4.68. The average Bonchev–Trinajstić information content (AvgIpc) is 3.07. The number of rotatable bonds is 4. The van der Waals surface area contributed by atoms with Crippen molar-refractivity contribution in [3.8, 4) is 11.5 Å². The summed E-state index contributed by atoms with van der Waals surface area (Å²) in [5.74, 6) is -1.06. The number of carboxylic acids is 1. The van der Waals surface area contributed by atoms with Crippen molar-refractivity contribution in [3.05, 3.63) is 59.9 Å². The molecule has 1 atom stereocenters. The van der Waals surface area contributed by atoms with E-state index in [1.165, 1.54) is 12.1 Å². The van der Waals surface area contributed by atoms with Crippen molar-refractivity contribution in [2.45, 2.75) is 16.2 Å². The van der Waals surface area contributed by atoms with Gasteiger partial charge in [-0.05, 0) is 29.8 Å². The van der Waals surface area contributed by atoms with Crippen molar-refractivity contribution < 1.29 is 19.0 Å². The Kier molecular flexibility index (Phi) is 3.54. The largest absolute Gasteiger partial charge is 0.480 e. The fourth-order valence-corrected chi connectivity index (χ4v) is 3.20. The van der Waals surface area contributed by atoms with Crippen LogP contribution in [0.15, 0.2) is 48.5 Å². The van der Waals surface area contributed by atoms with Gasteiger partial charge < -0.3 is 9.84 Å². The van der Waals surface area contributed by atoms with Crippen LogP contribution in [0.5, 0.6) is 11.5 Å². The highest BCUT2D eigenvalue weighted by atomic mass is 35.5. The monoisotopic (exact) mass is 340 g/mol. The molecule has 3 rings (SSSR count). The molecular formula is C16H11Cl2FO3. The summed E-state index contributed by atoms with van der Waals surface area (Å²) in [5, 5.41) is 9.38. The number of hydrogen-bond donors (Lipinski definition) is 1. The van der Waals surface area contributed by atoms with E-state index in [4.69, 9.17) is 27.9 Å². The van der Waals surface area contributed by atoms with Gasteiger partial charge in [-0.3, -0.25) is 4.79 Å². The van der Waals surface area contributed by atoms with E-state index in [1.54, 1.807) is 36.4 Å². The quantitative estimate of drug-likeness (QED) is 0.832. The Morgan fingerprint density at radius 3 is 2.23 bits per heavy atom. The number of carboxylic acid groups (broad SMARTS) is 1. The van der Waals surface area contributed by atoms with Crippen molar-refractivity contribution >= 4 is 29.2 Å². The lowest BCUT2D eigenvalue weighted by Gasteiger charge is -2.14. The topological polar surface area (TPSA) is 46.5 Å². The minimum absolute atomic E-state index is 0.0960. The van der Waals surface area contributed by atoms with Gasteiger partial charge in [0.2, 0.25) is 0 Å². The molecule has 114 valence electrons. The van der Waals surface area contributed by atoms with Crippen molar-refractivity contribution in [1.29, 1.82) is 0 Å². The summed E-state index contributed by atoms with van der Waals surface area (Å²) in [7, 11) is 0. The third kappa shape index (κ3) is 2.32. The first kappa shape index (κ1) is 15.1. The van der Waals surface area contributed by atoms with E-state index >= 15 is 0 Å². The van der Waals surface area contributed by atoms with Crippen molar-refractivity contribution in [2.75, 3.05) is 0 Å². The second-order valence-corrected chi connectivity index (χ2v) is 6.63. The number of para-hydroxylation sites is 1. The normalized spacial score (nSPS) is 22.1. The van der Waals surface area contributed by atoms with Crippen LogP contribution in [0, 0.1) is 5.82 Å². The fraction of sp³-hybridized carbons (Fsp3) is 0.188. The average molecular weight is 341 g/mol. The molecule has 0 bridgehead atoms. The number of benzene rings is 2. The van der Waals surface area contributed by atoms with Crippen molar-refractivity contribution in [2.24, 2.45) is 0 Å². The van der Waals surface area contributed by atoms with E-state index in [9.17, 15) is 14.3 Å². The zero-order valence-electron chi connectivity index (χ0n) is 11.2. The summed E-state index contributed by atoms with van der Waals surface area (Å²) in [6, 6.07) is 12.3. The minimum atomic E-state index is -1.31. The molecule has 1 fully saturated rings. The van der Waals surface area contributed by atoms with Crippen molar-refractivity contribution in [3.63, 3.8) is 0 Å². The van der Waals surface area contributed by atoms with Gasteiger partial charge in [0.25, 0.3) is 0 Å². The van der Waals surface area contributed by atoms with E-state index in [1.807, 2.05) is 0 Å². The van der Waals surface area contributed by atoms with Gasteiger partial charge >= 0.3 is 5.97 Å². The van der Waals surface area contributed by atoms with Gasteiger partial charge in [0.1, 0.15) is 15.5 Å². The predicted octanol–water partition coefficient (Wildman–Crippen LogP) is 4.52. The summed E-state index contributed by atoms with van der Waals surface area (Å²) in [4.78, 5) is 11.5. The van der Waals surface area contributed by atoms with Crippen LogP contribution >= 0.6 is 23.2 Å². The van der Waals surface area contributed by atoms with Crippen molar-refractivity contribution in [1.82, 2.24) is 0 Å². The van der Waals surface area contributed by atoms with Gasteiger partial charge in [0, 0.05) is 6.42 Å². The first-order valence-corrected chi connectivity index (χ1v) is 7.26. The van der Waals surface area contributed by atoms with Crippen LogP contribution in [0.1, 0.15) is 12.0 Å². The maximum Gasteiger partial charge on any atom is 0.317 e. The number of halogens is 3. The number of alkyl halides is 2. The molecule has 1 saturated carbocycles. The first-order valence-electron chi connectivity index (χ1n) is 6.51. The molecule has 6 heteroatoms. The fourth-order valence-electron chi connectivity index (χ4n) is 2.42. The molecular weight excluding hydrogens is 330 g/mol. The molecule has 0 aliphatic heterocycles. The zero-order valence-corrected chi connectivity index (χ0v) is 12.7. The molecule has 0 spiro atoms. The van der Waals surface area contributed by atoms with Gasteiger partial charge in [0.15, 0.2) is 11.6 Å². The Balaban J connectivity index is 1.85. The molecule has 0 saturated heterocycles. The predicted molar refractivity (Wildman–Crippen MR) is 81.3 cm³/mol. The Labute approximate surface area is 136 Å². The first-order chi connectivity index (χ1) is 10.4. The van der Waals surface area contributed by atoms with E-state index in [-0.39, 0.29) is 12.2 Å². The number of carbonyl (C=O) groups is 1. The Morgan fingerprint density at radius 1 is 1.14 bits per heavy atom. The third-order valence-electron chi connectivity index (χ3n) is 3.76. The summed E-state index contributed by atoms with van der Waals surface area (Å²) in [6.45, 7) is 0. The molecule has 1 N–H and O–H groups in total. The van der Waals surface area contributed by atoms with Crippen LogP contribution in [-0.4, -0.2) is 15.4 Å². The second kappa shape index (κ2) is 5.14. The molecule has 0 aromatic heterocycles. The second-order valence-electron chi connectivity index (χ2n) is 5.15. The highest BCUT2D eigenvalue weighted by Gasteiger charge is 2.72. The van der Waals surface area contributed by atoms with Gasteiger partial charge in [-0.25, -0.2) is 4.39 Å². The zero-order chi connectivity index (χ0) is 16.0. The lowest BCUT2D eigenvalue weighted by atomic mass is 9.96. The van der Waals surface area contributed by atoms with Crippen LogP contribution in [-0.2, 0) is 10.2 Å². The molecule has 0 amide bonds. The lowest BCUT2D eigenvalue weighted by molar-refractivity contribution is -0.140. The number of hydrogen-bond acceptors (Lipinski definition) is 2. The van der Waals surface area contributed by atoms with Gasteiger partial charge in [-0.15, -0.1) is 0 Å². The maximum absolute atomic E-state index is 13.5. The molecule has 1 unspecified atom stereocenters. The molecule has 22 heavy (non-hydrogen) atoms. The standard InChI is InChI=1S/C16H11Cl2FO3/c17-16(18)9-15(16,14(20)21)10-5-7-11(8-6-10)22-13-4-2-1-3-12(13)19/h1-8H,9H2,(H,20,21). The molecule has 3 nitrogen and oxygen atoms in total. The molecule has 1 aliphatic carbocycles. The summed E-state index contributed by atoms with van der Waals surface area (Å²) < 4.78 is 17.6. The van der Waals surface area contributed by atoms with Gasteiger partial charge in [-0.2, -0.15) is 0 Å². The van der Waals surface area contributed by atoms with Crippen LogP contribution in [0.2, 0.25) is 0 Å². The molecule has 2 aromatic rings. The summed E-state index contributed by atoms with van der Waals surface area (Å²) in [6.07, 6.45) is 0.145. The smallest absolute Gasteiger partial charge is 0.317 e. The highest BCUT2D eigenvalue weighted by Crippen LogP contribution is 2.65. The Morgan fingerprint density at radius 2 is 1.73 bits per heavy atom. The van der Waals surface area contributed by atoms with Gasteiger partial charge in [-0.1, -0.05) is 47.5 Å². The minimum Gasteiger partial charge on any atom is -0.480 e. The van der Waals surface area contributed by atoms with E-state index in [0.717, 1.165) is 0 Å². The Hall–Kier alpha value is -1.78. The molecule has 1 aliphatic rings. The van der Waals surface area contributed by atoms with Crippen LogP contribution in [0.4, 0.5) is 4.39 Å². The van der Waals surface area contributed by atoms with Crippen LogP contribution in [0.3, 0.4) is 0 Å². The maximum atomic E-state index is 13.5. The lowest BCUT2D eigenvalue weighted by Crippen LogP contribution is -2.26. The number of aliphatic carboxylic acids is 1. The van der Waals surface area contributed by atoms with E-state index in [0.29, 0.717) is 11.3 Å². The van der Waals surface area contributed by atoms with Crippen LogP contribution in [0.25, 0.3) is 0 Å². The van der Waals surface area contributed by atoms with E-state index in [2.05, 4.69) is 0 Å². The molecule has 0 heterocycles. The van der Waals surface area contributed by atoms with Gasteiger partial charge in [0.05, 0.1) is 0 Å². The van der Waals surface area contributed by atoms with Crippen LogP contribution < -0.4 is 4.74 Å². The number of ether oxygens (including phenoxy) is 1. The summed E-state index contributed by atoms with van der Waals surface area (Å²) >= 11 is 12.0. The molecule has 0 radical (unpaired) electrons. The Bertz CT molecular complexity index is 730. The molecule has 2 aromatic carbocycles. The summed E-state index contributed by atoms with van der Waals surface area (Å²) in [5.41, 5.74) is -0.807.